The number of thioether (sulfide) groups is 1. The van der Waals surface area contributed by atoms with Crippen LogP contribution in [-0.4, -0.2) is 34.2 Å². The Kier molecular flexibility index (Phi) is 3.48. The standard InChI is InChI=1S/C10H16N4OS/c1-10(2)5-12-9(16-6-10)11-4-3-8-13-7-15-14-8/h7H,3-6H2,1-2H3,(H,11,12). The molecule has 16 heavy (non-hydrogen) atoms. The average molecular weight is 240 g/mol. The number of nitrogens with one attached hydrogen (secondary N) is 1. The number of aliphatic imine (C=N–C) groups is 1. The summed E-state index contributed by atoms with van der Waals surface area (Å²) in [6.07, 6.45) is 2.12. The number of amidine groups is 1. The second-order valence-electron chi connectivity index (χ2n) is 4.60. The van der Waals surface area contributed by atoms with E-state index in [1.165, 1.54) is 6.39 Å². The Bertz CT molecular complexity index is 361. The minimum atomic E-state index is 0.323. The van der Waals surface area contributed by atoms with Crippen LogP contribution in [-0.2, 0) is 6.42 Å². The van der Waals surface area contributed by atoms with Crippen LogP contribution >= 0.6 is 11.8 Å². The Balaban J connectivity index is 1.73. The van der Waals surface area contributed by atoms with Gasteiger partial charge in [-0.05, 0) is 5.41 Å². The van der Waals surface area contributed by atoms with E-state index in [4.69, 9.17) is 0 Å². The Labute approximate surface area is 99.1 Å². The molecule has 0 radical (unpaired) electrons. The highest BCUT2D eigenvalue weighted by Gasteiger charge is 2.23. The van der Waals surface area contributed by atoms with E-state index < -0.39 is 0 Å². The SMILES string of the molecule is CC1(C)CN=C(NCCc2ncon2)SC1. The molecule has 0 amide bonds. The van der Waals surface area contributed by atoms with E-state index in [1.54, 1.807) is 11.8 Å². The molecule has 0 saturated carbocycles. The van der Waals surface area contributed by atoms with E-state index in [2.05, 4.69) is 38.8 Å². The second kappa shape index (κ2) is 4.86. The van der Waals surface area contributed by atoms with Crippen LogP contribution in [0.1, 0.15) is 19.7 Å². The molecule has 5 nitrogen and oxygen atoms in total. The summed E-state index contributed by atoms with van der Waals surface area (Å²) in [5.74, 6) is 1.84. The van der Waals surface area contributed by atoms with Gasteiger partial charge in [0.05, 0.1) is 0 Å². The highest BCUT2D eigenvalue weighted by Crippen LogP contribution is 2.26. The van der Waals surface area contributed by atoms with Crippen molar-refractivity contribution in [1.82, 2.24) is 15.5 Å². The van der Waals surface area contributed by atoms with Gasteiger partial charge in [0.2, 0.25) is 6.39 Å². The summed E-state index contributed by atoms with van der Waals surface area (Å²) in [6.45, 7) is 6.16. The molecule has 0 bridgehead atoms. The van der Waals surface area contributed by atoms with E-state index in [1.807, 2.05) is 0 Å². The first-order chi connectivity index (χ1) is 7.66. The van der Waals surface area contributed by atoms with E-state index >= 15 is 0 Å². The molecule has 0 saturated heterocycles. The number of aromatic nitrogens is 2. The van der Waals surface area contributed by atoms with Gasteiger partial charge in [-0.25, -0.2) is 0 Å². The first-order valence-corrected chi connectivity index (χ1v) is 6.31. The van der Waals surface area contributed by atoms with Crippen molar-refractivity contribution in [1.29, 1.82) is 0 Å². The number of hydrogen-bond donors (Lipinski definition) is 1. The van der Waals surface area contributed by atoms with Crippen LogP contribution in [0.5, 0.6) is 0 Å². The van der Waals surface area contributed by atoms with Crippen LogP contribution in [0.3, 0.4) is 0 Å². The summed E-state index contributed by atoms with van der Waals surface area (Å²) in [5.41, 5.74) is 0.323. The minimum Gasteiger partial charge on any atom is -0.364 e. The first-order valence-electron chi connectivity index (χ1n) is 5.32. The number of nitrogens with zero attached hydrogens (tertiary/aromatic N) is 3. The van der Waals surface area contributed by atoms with E-state index in [0.717, 1.165) is 36.3 Å². The molecule has 2 heterocycles. The van der Waals surface area contributed by atoms with E-state index in [0.29, 0.717) is 5.41 Å². The van der Waals surface area contributed by atoms with Crippen LogP contribution in [0.25, 0.3) is 0 Å². The van der Waals surface area contributed by atoms with Crippen LogP contribution in [0.15, 0.2) is 15.9 Å². The highest BCUT2D eigenvalue weighted by atomic mass is 32.2. The lowest BCUT2D eigenvalue weighted by atomic mass is 9.97. The minimum absolute atomic E-state index is 0.323. The molecule has 1 N–H and O–H groups in total. The summed E-state index contributed by atoms with van der Waals surface area (Å²) in [7, 11) is 0. The zero-order valence-corrected chi connectivity index (χ0v) is 10.4. The van der Waals surface area contributed by atoms with Crippen molar-refractivity contribution < 1.29 is 4.52 Å². The predicted octanol–water partition coefficient (Wildman–Crippen LogP) is 1.33. The molecule has 0 aromatic carbocycles. The fraction of sp³-hybridized carbons (Fsp3) is 0.700. The van der Waals surface area contributed by atoms with Crippen molar-refractivity contribution in [2.24, 2.45) is 10.4 Å². The molecular weight excluding hydrogens is 224 g/mol. The predicted molar refractivity (Wildman–Crippen MR) is 64.5 cm³/mol. The molecule has 6 heteroatoms. The molecule has 0 atom stereocenters. The Morgan fingerprint density at radius 3 is 3.06 bits per heavy atom. The molecule has 2 rings (SSSR count). The lowest BCUT2D eigenvalue weighted by molar-refractivity contribution is 0.409. The molecule has 1 aliphatic rings. The third-order valence-corrected chi connectivity index (χ3v) is 3.75. The molecule has 1 aromatic rings. The largest absolute Gasteiger partial charge is 0.364 e. The van der Waals surface area contributed by atoms with Crippen molar-refractivity contribution in [2.45, 2.75) is 20.3 Å². The van der Waals surface area contributed by atoms with E-state index in [9.17, 15) is 0 Å². The van der Waals surface area contributed by atoms with Gasteiger partial charge in [0.15, 0.2) is 11.0 Å². The Hall–Kier alpha value is -1.04. The first kappa shape index (κ1) is 11.4. The molecule has 88 valence electrons. The number of hydrogen-bond acceptors (Lipinski definition) is 6. The van der Waals surface area contributed by atoms with Gasteiger partial charge in [0, 0.05) is 25.3 Å². The van der Waals surface area contributed by atoms with Crippen LogP contribution in [0, 0.1) is 5.41 Å². The van der Waals surface area contributed by atoms with Gasteiger partial charge < -0.3 is 9.84 Å². The third-order valence-electron chi connectivity index (χ3n) is 2.28. The van der Waals surface area contributed by atoms with Gasteiger partial charge in [-0.15, -0.1) is 0 Å². The maximum absolute atomic E-state index is 4.66. The summed E-state index contributed by atoms with van der Waals surface area (Å²) in [5, 5.41) is 8.07. The highest BCUT2D eigenvalue weighted by molar-refractivity contribution is 8.13. The van der Waals surface area contributed by atoms with Gasteiger partial charge in [0.1, 0.15) is 0 Å². The summed E-state index contributed by atoms with van der Waals surface area (Å²) in [4.78, 5) is 8.46. The number of rotatable bonds is 3. The van der Waals surface area contributed by atoms with Crippen molar-refractivity contribution in [3.63, 3.8) is 0 Å². The lowest BCUT2D eigenvalue weighted by Gasteiger charge is -2.27. The van der Waals surface area contributed by atoms with Crippen LogP contribution in [0.4, 0.5) is 0 Å². The summed E-state index contributed by atoms with van der Waals surface area (Å²) in [6, 6.07) is 0. The molecule has 0 fully saturated rings. The monoisotopic (exact) mass is 240 g/mol. The van der Waals surface area contributed by atoms with Gasteiger partial charge >= 0.3 is 0 Å². The molecule has 1 aliphatic heterocycles. The molecule has 1 aromatic heterocycles. The molecule has 0 unspecified atom stereocenters. The van der Waals surface area contributed by atoms with Crippen molar-refractivity contribution in [3.05, 3.63) is 12.2 Å². The van der Waals surface area contributed by atoms with Crippen LogP contribution in [0.2, 0.25) is 0 Å². The fourth-order valence-corrected chi connectivity index (χ4v) is 2.31. The Morgan fingerprint density at radius 2 is 2.44 bits per heavy atom. The lowest BCUT2D eigenvalue weighted by Crippen LogP contribution is -2.32. The molecule has 0 spiro atoms. The zero-order chi connectivity index (χ0) is 11.4. The third kappa shape index (κ3) is 3.23. The summed E-state index contributed by atoms with van der Waals surface area (Å²) < 4.78 is 4.66. The smallest absolute Gasteiger partial charge is 0.213 e. The van der Waals surface area contributed by atoms with E-state index in [-0.39, 0.29) is 0 Å². The van der Waals surface area contributed by atoms with Gasteiger partial charge in [-0.3, -0.25) is 4.99 Å². The maximum atomic E-state index is 4.66. The van der Waals surface area contributed by atoms with Crippen molar-refractivity contribution in [2.75, 3.05) is 18.8 Å². The second-order valence-corrected chi connectivity index (χ2v) is 5.56. The van der Waals surface area contributed by atoms with Gasteiger partial charge in [-0.2, -0.15) is 4.98 Å². The Morgan fingerprint density at radius 1 is 1.56 bits per heavy atom. The topological polar surface area (TPSA) is 63.3 Å². The average Bonchev–Trinajstić information content (AvgIpc) is 2.73. The quantitative estimate of drug-likeness (QED) is 0.863. The van der Waals surface area contributed by atoms with Crippen molar-refractivity contribution >= 4 is 16.9 Å². The molecule has 0 aliphatic carbocycles. The summed E-state index contributed by atoms with van der Waals surface area (Å²) >= 11 is 1.78. The zero-order valence-electron chi connectivity index (χ0n) is 9.56. The normalized spacial score (nSPS) is 19.2. The molecular formula is C10H16N4OS. The van der Waals surface area contributed by atoms with Crippen LogP contribution < -0.4 is 5.32 Å². The maximum Gasteiger partial charge on any atom is 0.213 e. The fourth-order valence-electron chi connectivity index (χ4n) is 1.33. The van der Waals surface area contributed by atoms with Gasteiger partial charge in [0.25, 0.3) is 0 Å². The van der Waals surface area contributed by atoms with Crippen molar-refractivity contribution in [3.8, 4) is 0 Å². The van der Waals surface area contributed by atoms with Gasteiger partial charge in [-0.1, -0.05) is 30.8 Å².